The molecule has 6 rings (SSSR count). The first kappa shape index (κ1) is 21.9. The molecule has 1 heterocycles. The Kier molecular flexibility index (Phi) is 5.59. The van der Waals surface area contributed by atoms with Crippen LogP contribution < -0.4 is 4.90 Å². The van der Waals surface area contributed by atoms with Crippen molar-refractivity contribution in [3.05, 3.63) is 132 Å². The fourth-order valence-corrected chi connectivity index (χ4v) is 4.55. The minimum Gasteiger partial charge on any atom is -0.338 e. The zero-order valence-corrected chi connectivity index (χ0v) is 20.4. The van der Waals surface area contributed by atoms with Crippen LogP contribution in [0.1, 0.15) is 11.1 Å². The molecule has 0 radical (unpaired) electrons. The number of imidazole rings is 1. The summed E-state index contributed by atoms with van der Waals surface area (Å²) in [4.78, 5) is 10.4. The second kappa shape index (κ2) is 9.20. The molecule has 6 aromatic rings. The minimum absolute atomic E-state index is 0.893. The van der Waals surface area contributed by atoms with Crippen molar-refractivity contribution in [3.8, 4) is 22.5 Å². The van der Waals surface area contributed by atoms with E-state index >= 15 is 0 Å². The van der Waals surface area contributed by atoms with E-state index in [2.05, 4.69) is 127 Å². The SMILES string of the molecule is Cc1ccc(N(c2ccc(C)cc2)c2ccc(-c3ccc(-c4nc5ccccc5[nH]4)cc3)cc2)cc1. The maximum absolute atomic E-state index is 4.72. The summed E-state index contributed by atoms with van der Waals surface area (Å²) >= 11 is 0. The molecule has 36 heavy (non-hydrogen) atoms. The first-order valence-corrected chi connectivity index (χ1v) is 12.2. The van der Waals surface area contributed by atoms with E-state index in [4.69, 9.17) is 4.98 Å². The third kappa shape index (κ3) is 4.27. The van der Waals surface area contributed by atoms with Crippen molar-refractivity contribution in [1.82, 2.24) is 9.97 Å². The van der Waals surface area contributed by atoms with E-state index in [9.17, 15) is 0 Å². The number of aromatic nitrogens is 2. The molecule has 0 unspecified atom stereocenters. The van der Waals surface area contributed by atoms with E-state index in [-0.39, 0.29) is 0 Å². The van der Waals surface area contributed by atoms with Gasteiger partial charge in [0, 0.05) is 22.6 Å². The molecule has 0 amide bonds. The lowest BCUT2D eigenvalue weighted by atomic mass is 10.0. The molecule has 5 aromatic carbocycles. The van der Waals surface area contributed by atoms with Gasteiger partial charge < -0.3 is 9.88 Å². The molecule has 1 aromatic heterocycles. The van der Waals surface area contributed by atoms with Gasteiger partial charge >= 0.3 is 0 Å². The van der Waals surface area contributed by atoms with Gasteiger partial charge in [-0.25, -0.2) is 4.98 Å². The first-order chi connectivity index (χ1) is 17.6. The Morgan fingerprint density at radius 3 is 1.47 bits per heavy atom. The molecule has 0 aliphatic carbocycles. The largest absolute Gasteiger partial charge is 0.338 e. The molecular weight excluding hydrogens is 438 g/mol. The van der Waals surface area contributed by atoms with Gasteiger partial charge in [0.2, 0.25) is 0 Å². The third-order valence-corrected chi connectivity index (χ3v) is 6.59. The number of aryl methyl sites for hydroxylation is 2. The highest BCUT2D eigenvalue weighted by Gasteiger charge is 2.13. The summed E-state index contributed by atoms with van der Waals surface area (Å²) in [6, 6.07) is 42.9. The molecule has 0 aliphatic heterocycles. The number of hydrogen-bond acceptors (Lipinski definition) is 2. The summed E-state index contributed by atoms with van der Waals surface area (Å²) in [6.07, 6.45) is 0. The van der Waals surface area contributed by atoms with Crippen molar-refractivity contribution in [2.45, 2.75) is 13.8 Å². The second-order valence-corrected chi connectivity index (χ2v) is 9.23. The molecule has 0 saturated heterocycles. The van der Waals surface area contributed by atoms with Gasteiger partial charge in [0.25, 0.3) is 0 Å². The Labute approximate surface area is 211 Å². The molecule has 0 fully saturated rings. The monoisotopic (exact) mass is 465 g/mol. The van der Waals surface area contributed by atoms with Crippen LogP contribution in [0.5, 0.6) is 0 Å². The van der Waals surface area contributed by atoms with E-state index in [0.29, 0.717) is 0 Å². The standard InChI is InChI=1S/C33H27N3/c1-23-7-17-28(18-8-23)36(29-19-9-24(2)10-20-29)30-21-15-26(16-22-30)25-11-13-27(14-12-25)33-34-31-5-3-4-6-32(31)35-33/h3-22H,1-2H3,(H,34,35). The number of para-hydroxylation sites is 2. The average molecular weight is 466 g/mol. The number of nitrogens with zero attached hydrogens (tertiary/aromatic N) is 2. The fraction of sp³-hybridized carbons (Fsp3) is 0.0606. The van der Waals surface area contributed by atoms with Crippen LogP contribution in [0.15, 0.2) is 121 Å². The lowest BCUT2D eigenvalue weighted by Gasteiger charge is -2.26. The fourth-order valence-electron chi connectivity index (χ4n) is 4.55. The summed E-state index contributed by atoms with van der Waals surface area (Å²) in [7, 11) is 0. The van der Waals surface area contributed by atoms with Crippen LogP contribution in [0, 0.1) is 13.8 Å². The molecular formula is C33H27N3. The van der Waals surface area contributed by atoms with Crippen LogP contribution in [0.2, 0.25) is 0 Å². The van der Waals surface area contributed by atoms with E-state index in [1.165, 1.54) is 22.3 Å². The Hall–Kier alpha value is -4.63. The Morgan fingerprint density at radius 1 is 0.500 bits per heavy atom. The van der Waals surface area contributed by atoms with Gasteiger partial charge in [0.1, 0.15) is 5.82 Å². The Bertz CT molecular complexity index is 1530. The summed E-state index contributed by atoms with van der Waals surface area (Å²) < 4.78 is 0. The lowest BCUT2D eigenvalue weighted by molar-refractivity contribution is 1.27. The topological polar surface area (TPSA) is 31.9 Å². The maximum Gasteiger partial charge on any atom is 0.138 e. The van der Waals surface area contributed by atoms with Crippen LogP contribution in [0.4, 0.5) is 17.1 Å². The van der Waals surface area contributed by atoms with Crippen molar-refractivity contribution in [1.29, 1.82) is 0 Å². The Morgan fingerprint density at radius 2 is 0.944 bits per heavy atom. The van der Waals surface area contributed by atoms with Crippen LogP contribution >= 0.6 is 0 Å². The number of benzene rings is 5. The molecule has 0 saturated carbocycles. The average Bonchev–Trinajstić information content (AvgIpc) is 3.36. The van der Waals surface area contributed by atoms with Gasteiger partial charge in [0.15, 0.2) is 0 Å². The van der Waals surface area contributed by atoms with Crippen molar-refractivity contribution in [3.63, 3.8) is 0 Å². The number of hydrogen-bond donors (Lipinski definition) is 1. The van der Waals surface area contributed by atoms with Gasteiger partial charge in [-0.3, -0.25) is 0 Å². The van der Waals surface area contributed by atoms with Gasteiger partial charge in [-0.15, -0.1) is 0 Å². The van der Waals surface area contributed by atoms with E-state index in [1.807, 2.05) is 18.2 Å². The van der Waals surface area contributed by atoms with Crippen molar-refractivity contribution >= 4 is 28.1 Å². The smallest absolute Gasteiger partial charge is 0.138 e. The predicted molar refractivity (Wildman–Crippen MR) is 151 cm³/mol. The molecule has 3 nitrogen and oxygen atoms in total. The molecule has 3 heteroatoms. The summed E-state index contributed by atoms with van der Waals surface area (Å²) in [5.41, 5.74) is 11.4. The zero-order valence-electron chi connectivity index (χ0n) is 20.4. The van der Waals surface area contributed by atoms with Crippen molar-refractivity contribution in [2.24, 2.45) is 0 Å². The number of fused-ring (bicyclic) bond motifs is 1. The number of rotatable bonds is 5. The highest BCUT2D eigenvalue weighted by molar-refractivity contribution is 5.81. The number of nitrogens with one attached hydrogen (secondary N) is 1. The van der Waals surface area contributed by atoms with Gasteiger partial charge in [-0.05, 0) is 73.5 Å². The number of H-pyrrole nitrogens is 1. The van der Waals surface area contributed by atoms with E-state index in [1.54, 1.807) is 0 Å². The van der Waals surface area contributed by atoms with Gasteiger partial charge in [-0.2, -0.15) is 0 Å². The zero-order chi connectivity index (χ0) is 24.5. The number of aromatic amines is 1. The molecule has 0 aliphatic rings. The number of anilines is 3. The molecule has 1 N–H and O–H groups in total. The van der Waals surface area contributed by atoms with Crippen LogP contribution in [0.3, 0.4) is 0 Å². The predicted octanol–water partition coefficient (Wildman–Crippen LogP) is 8.98. The first-order valence-electron chi connectivity index (χ1n) is 12.2. The maximum atomic E-state index is 4.72. The van der Waals surface area contributed by atoms with Crippen LogP contribution in [-0.2, 0) is 0 Å². The van der Waals surface area contributed by atoms with Crippen LogP contribution in [0.25, 0.3) is 33.5 Å². The minimum atomic E-state index is 0.893. The highest BCUT2D eigenvalue weighted by atomic mass is 15.1. The van der Waals surface area contributed by atoms with Crippen molar-refractivity contribution in [2.75, 3.05) is 4.90 Å². The molecule has 0 spiro atoms. The second-order valence-electron chi connectivity index (χ2n) is 9.23. The highest BCUT2D eigenvalue weighted by Crippen LogP contribution is 2.36. The molecule has 174 valence electrons. The lowest BCUT2D eigenvalue weighted by Crippen LogP contribution is -2.09. The summed E-state index contributed by atoms with van der Waals surface area (Å²) in [6.45, 7) is 4.24. The Balaban J connectivity index is 1.30. The molecule has 0 bridgehead atoms. The van der Waals surface area contributed by atoms with Crippen molar-refractivity contribution < 1.29 is 0 Å². The quantitative estimate of drug-likeness (QED) is 0.275. The normalized spacial score (nSPS) is 11.1. The van der Waals surface area contributed by atoms with Gasteiger partial charge in [-0.1, -0.05) is 83.9 Å². The summed E-state index contributed by atoms with van der Waals surface area (Å²) in [5, 5.41) is 0. The van der Waals surface area contributed by atoms with Crippen LogP contribution in [-0.4, -0.2) is 9.97 Å². The van der Waals surface area contributed by atoms with E-state index in [0.717, 1.165) is 39.5 Å². The molecule has 0 atom stereocenters. The van der Waals surface area contributed by atoms with E-state index < -0.39 is 0 Å². The van der Waals surface area contributed by atoms with Gasteiger partial charge in [0.05, 0.1) is 11.0 Å². The third-order valence-electron chi connectivity index (χ3n) is 6.59. The summed E-state index contributed by atoms with van der Waals surface area (Å²) in [5.74, 6) is 0.893.